The number of rotatable bonds is 0. The van der Waals surface area contributed by atoms with Crippen LogP contribution in [0.3, 0.4) is 0 Å². The summed E-state index contributed by atoms with van der Waals surface area (Å²) in [5, 5.41) is 0. The summed E-state index contributed by atoms with van der Waals surface area (Å²) in [6, 6.07) is 0. The van der Waals surface area contributed by atoms with E-state index in [1.165, 1.54) is 32.1 Å². The molecular formula is C12H22O. The van der Waals surface area contributed by atoms with E-state index in [1.807, 2.05) is 0 Å². The van der Waals surface area contributed by atoms with Crippen molar-refractivity contribution in [1.29, 1.82) is 0 Å². The highest BCUT2D eigenvalue weighted by atomic mass is 16.5. The van der Waals surface area contributed by atoms with Crippen LogP contribution in [-0.2, 0) is 4.74 Å². The van der Waals surface area contributed by atoms with Gasteiger partial charge in [0.05, 0.1) is 5.60 Å². The van der Waals surface area contributed by atoms with Gasteiger partial charge in [-0.15, -0.1) is 0 Å². The molecule has 0 N–H and O–H groups in total. The summed E-state index contributed by atoms with van der Waals surface area (Å²) in [4.78, 5) is 0. The van der Waals surface area contributed by atoms with E-state index in [9.17, 15) is 0 Å². The first-order valence-electron chi connectivity index (χ1n) is 5.66. The number of ether oxygens (including phenoxy) is 1. The fourth-order valence-electron chi connectivity index (χ4n) is 2.94. The van der Waals surface area contributed by atoms with Crippen molar-refractivity contribution in [1.82, 2.24) is 0 Å². The molecule has 0 aromatic carbocycles. The van der Waals surface area contributed by atoms with Crippen LogP contribution in [0.1, 0.15) is 52.9 Å². The van der Waals surface area contributed by atoms with Gasteiger partial charge in [-0.2, -0.15) is 0 Å². The molecule has 1 saturated heterocycles. The Balaban J connectivity index is 2.01. The lowest BCUT2D eigenvalue weighted by Gasteiger charge is -2.29. The molecule has 0 aromatic rings. The van der Waals surface area contributed by atoms with Crippen molar-refractivity contribution in [3.8, 4) is 0 Å². The van der Waals surface area contributed by atoms with Crippen molar-refractivity contribution >= 4 is 0 Å². The minimum Gasteiger partial charge on any atom is -0.375 e. The lowest BCUT2D eigenvalue weighted by Crippen LogP contribution is -2.26. The zero-order valence-electron chi connectivity index (χ0n) is 9.23. The van der Waals surface area contributed by atoms with Crippen molar-refractivity contribution in [3.63, 3.8) is 0 Å². The Morgan fingerprint density at radius 2 is 2.00 bits per heavy atom. The second kappa shape index (κ2) is 2.98. The smallest absolute Gasteiger partial charge is 0.0686 e. The quantitative estimate of drug-likeness (QED) is 0.558. The minimum absolute atomic E-state index is 0.317. The molecule has 2 fully saturated rings. The van der Waals surface area contributed by atoms with Gasteiger partial charge in [0, 0.05) is 6.61 Å². The van der Waals surface area contributed by atoms with Crippen LogP contribution in [0.4, 0.5) is 0 Å². The lowest BCUT2D eigenvalue weighted by atomic mass is 9.79. The van der Waals surface area contributed by atoms with Crippen LogP contribution in [0.15, 0.2) is 0 Å². The van der Waals surface area contributed by atoms with E-state index < -0.39 is 0 Å². The first-order valence-corrected chi connectivity index (χ1v) is 5.66. The molecular weight excluding hydrogens is 160 g/mol. The van der Waals surface area contributed by atoms with Crippen LogP contribution in [0.2, 0.25) is 0 Å². The van der Waals surface area contributed by atoms with E-state index in [4.69, 9.17) is 4.74 Å². The molecule has 2 aliphatic rings. The first-order chi connectivity index (χ1) is 6.02. The fraction of sp³-hybridized carbons (Fsp3) is 1.00. The van der Waals surface area contributed by atoms with Gasteiger partial charge in [0.25, 0.3) is 0 Å². The highest BCUT2D eigenvalue weighted by molar-refractivity contribution is 4.96. The fourth-order valence-corrected chi connectivity index (χ4v) is 2.94. The maximum Gasteiger partial charge on any atom is 0.0686 e. The SMILES string of the molecule is CC(C)(C)[C@H]1CC[C@@]2(CCCO2)C1. The molecule has 1 aliphatic carbocycles. The highest BCUT2D eigenvalue weighted by Gasteiger charge is 2.45. The Bertz CT molecular complexity index is 184. The van der Waals surface area contributed by atoms with Crippen molar-refractivity contribution in [2.75, 3.05) is 6.61 Å². The molecule has 13 heavy (non-hydrogen) atoms. The predicted molar refractivity (Wildman–Crippen MR) is 54.7 cm³/mol. The van der Waals surface area contributed by atoms with E-state index in [0.717, 1.165) is 12.5 Å². The van der Waals surface area contributed by atoms with E-state index in [-0.39, 0.29) is 0 Å². The zero-order valence-corrected chi connectivity index (χ0v) is 9.23. The summed E-state index contributed by atoms with van der Waals surface area (Å²) in [5.41, 5.74) is 0.799. The van der Waals surface area contributed by atoms with Gasteiger partial charge >= 0.3 is 0 Å². The average Bonchev–Trinajstić information content (AvgIpc) is 2.60. The maximum absolute atomic E-state index is 5.93. The molecule has 0 amide bonds. The van der Waals surface area contributed by atoms with Gasteiger partial charge in [0.2, 0.25) is 0 Å². The molecule has 2 rings (SSSR count). The van der Waals surface area contributed by atoms with Crippen LogP contribution in [0.25, 0.3) is 0 Å². The molecule has 2 atom stereocenters. The molecule has 76 valence electrons. The largest absolute Gasteiger partial charge is 0.375 e. The summed E-state index contributed by atoms with van der Waals surface area (Å²) in [6.45, 7) is 8.11. The molecule has 0 radical (unpaired) electrons. The van der Waals surface area contributed by atoms with Crippen molar-refractivity contribution in [2.45, 2.75) is 58.5 Å². The summed E-state index contributed by atoms with van der Waals surface area (Å²) in [7, 11) is 0. The third-order valence-corrected chi connectivity index (χ3v) is 3.98. The van der Waals surface area contributed by atoms with Crippen LogP contribution in [0, 0.1) is 11.3 Å². The van der Waals surface area contributed by atoms with Crippen LogP contribution >= 0.6 is 0 Å². The topological polar surface area (TPSA) is 9.23 Å². The third-order valence-electron chi connectivity index (χ3n) is 3.98. The molecule has 1 spiro atoms. The van der Waals surface area contributed by atoms with Crippen LogP contribution in [-0.4, -0.2) is 12.2 Å². The minimum atomic E-state index is 0.317. The lowest BCUT2D eigenvalue weighted by molar-refractivity contribution is 0.00239. The molecule has 1 heterocycles. The van der Waals surface area contributed by atoms with E-state index in [1.54, 1.807) is 0 Å². The summed E-state index contributed by atoms with van der Waals surface area (Å²) >= 11 is 0. The van der Waals surface area contributed by atoms with Gasteiger partial charge in [0.15, 0.2) is 0 Å². The average molecular weight is 182 g/mol. The van der Waals surface area contributed by atoms with Crippen LogP contribution < -0.4 is 0 Å². The summed E-state index contributed by atoms with van der Waals surface area (Å²) in [5.74, 6) is 0.880. The number of hydrogen-bond donors (Lipinski definition) is 0. The monoisotopic (exact) mass is 182 g/mol. The Hall–Kier alpha value is -0.0400. The molecule has 0 bridgehead atoms. The molecule has 1 heteroatoms. The van der Waals surface area contributed by atoms with Crippen molar-refractivity contribution in [2.24, 2.45) is 11.3 Å². The Labute approximate surface area is 81.9 Å². The van der Waals surface area contributed by atoms with Gasteiger partial charge < -0.3 is 4.74 Å². The number of hydrogen-bond acceptors (Lipinski definition) is 1. The standard InChI is InChI=1S/C12H22O/c1-11(2,3)10-5-7-12(9-10)6-4-8-13-12/h10H,4-9H2,1-3H3/t10-,12-/m0/s1. The van der Waals surface area contributed by atoms with Gasteiger partial charge in [-0.1, -0.05) is 20.8 Å². The summed E-state index contributed by atoms with van der Waals surface area (Å²) in [6.07, 6.45) is 6.62. The maximum atomic E-state index is 5.93. The van der Waals surface area contributed by atoms with Crippen molar-refractivity contribution < 1.29 is 4.74 Å². The highest BCUT2D eigenvalue weighted by Crippen LogP contribution is 2.49. The molecule has 1 nitrogen and oxygen atoms in total. The van der Waals surface area contributed by atoms with Crippen LogP contribution in [0.5, 0.6) is 0 Å². The molecule has 0 unspecified atom stereocenters. The normalized spacial score (nSPS) is 40.4. The van der Waals surface area contributed by atoms with Gasteiger partial charge in [0.1, 0.15) is 0 Å². The second-order valence-electron chi connectivity index (χ2n) is 5.94. The molecule has 0 aromatic heterocycles. The summed E-state index contributed by atoms with van der Waals surface area (Å²) < 4.78 is 5.93. The third kappa shape index (κ3) is 1.76. The van der Waals surface area contributed by atoms with E-state index in [2.05, 4.69) is 20.8 Å². The van der Waals surface area contributed by atoms with E-state index in [0.29, 0.717) is 11.0 Å². The Morgan fingerprint density at radius 3 is 2.46 bits per heavy atom. The van der Waals surface area contributed by atoms with Gasteiger partial charge in [-0.25, -0.2) is 0 Å². The zero-order chi connectivity index (χ0) is 9.53. The van der Waals surface area contributed by atoms with E-state index >= 15 is 0 Å². The Kier molecular flexibility index (Phi) is 2.18. The molecule has 1 aliphatic heterocycles. The predicted octanol–water partition coefficient (Wildman–Crippen LogP) is 3.38. The van der Waals surface area contributed by atoms with Gasteiger partial charge in [-0.3, -0.25) is 0 Å². The second-order valence-corrected chi connectivity index (χ2v) is 5.94. The first kappa shape index (κ1) is 9.51. The molecule has 1 saturated carbocycles. The van der Waals surface area contributed by atoms with Gasteiger partial charge in [-0.05, 0) is 43.4 Å². The van der Waals surface area contributed by atoms with Crippen molar-refractivity contribution in [3.05, 3.63) is 0 Å². The Morgan fingerprint density at radius 1 is 1.23 bits per heavy atom.